The molecule has 0 amide bonds. The van der Waals surface area contributed by atoms with Crippen molar-refractivity contribution < 1.29 is 18.9 Å². The first-order chi connectivity index (χ1) is 13.2. The molecule has 0 fully saturated rings. The molecule has 0 saturated heterocycles. The Hall–Kier alpha value is -2.93. The Morgan fingerprint density at radius 2 is 1.81 bits per heavy atom. The van der Waals surface area contributed by atoms with Crippen molar-refractivity contribution >= 4 is 11.6 Å². The fraction of sp³-hybridized carbons (Fsp3) is 0.350. The van der Waals surface area contributed by atoms with E-state index < -0.39 is 0 Å². The summed E-state index contributed by atoms with van der Waals surface area (Å²) in [5, 5.41) is 3.05. The van der Waals surface area contributed by atoms with Crippen molar-refractivity contribution in [3.63, 3.8) is 0 Å². The van der Waals surface area contributed by atoms with Crippen molar-refractivity contribution in [3.05, 3.63) is 48.0 Å². The molecule has 146 valence electrons. The summed E-state index contributed by atoms with van der Waals surface area (Å²) in [6.07, 6.45) is 0.848. The number of hydrogen-bond acceptors (Lipinski definition) is 5. The van der Waals surface area contributed by atoms with Crippen LogP contribution in [0.1, 0.15) is 12.0 Å². The number of ether oxygens (including phenoxy) is 4. The number of nitrogens with one attached hydrogen (secondary N) is 1. The minimum Gasteiger partial charge on any atom is -0.493 e. The standard InChI is InChI=1S/C20H27N3O4/c1-24-10-5-11-27-17-7-4-6-15(12-17)14-22-20(21)23-16-8-9-18(25-2)19(13-16)26-3/h4,6-9,12-13H,5,10-11,14H2,1-3H3,(H3,21,22,23). The second-order valence-electron chi connectivity index (χ2n) is 5.74. The van der Waals surface area contributed by atoms with Crippen LogP contribution in [-0.2, 0) is 11.3 Å². The van der Waals surface area contributed by atoms with Gasteiger partial charge in [0.05, 0.1) is 27.4 Å². The molecule has 0 aliphatic rings. The van der Waals surface area contributed by atoms with Crippen LogP contribution in [0.25, 0.3) is 0 Å². The smallest absolute Gasteiger partial charge is 0.193 e. The number of hydrogen-bond donors (Lipinski definition) is 2. The van der Waals surface area contributed by atoms with E-state index in [1.165, 1.54) is 0 Å². The second kappa shape index (κ2) is 10.9. The average molecular weight is 373 g/mol. The molecule has 27 heavy (non-hydrogen) atoms. The largest absolute Gasteiger partial charge is 0.493 e. The van der Waals surface area contributed by atoms with Gasteiger partial charge in [0.2, 0.25) is 0 Å². The number of rotatable bonds is 10. The normalized spacial score (nSPS) is 11.1. The first kappa shape index (κ1) is 20.4. The summed E-state index contributed by atoms with van der Waals surface area (Å²) < 4.78 is 21.2. The monoisotopic (exact) mass is 373 g/mol. The van der Waals surface area contributed by atoms with E-state index in [1.807, 2.05) is 30.3 Å². The van der Waals surface area contributed by atoms with E-state index in [1.54, 1.807) is 33.5 Å². The van der Waals surface area contributed by atoms with Gasteiger partial charge in [0.25, 0.3) is 0 Å². The van der Waals surface area contributed by atoms with Crippen LogP contribution < -0.4 is 25.3 Å². The molecule has 0 heterocycles. The van der Waals surface area contributed by atoms with Crippen molar-refractivity contribution in [1.82, 2.24) is 0 Å². The molecule has 7 heteroatoms. The quantitative estimate of drug-likeness (QED) is 0.378. The first-order valence-electron chi connectivity index (χ1n) is 8.66. The van der Waals surface area contributed by atoms with E-state index >= 15 is 0 Å². The molecule has 7 nitrogen and oxygen atoms in total. The van der Waals surface area contributed by atoms with Gasteiger partial charge in [-0.1, -0.05) is 12.1 Å². The summed E-state index contributed by atoms with van der Waals surface area (Å²) in [4.78, 5) is 4.37. The molecule has 2 aromatic rings. The van der Waals surface area contributed by atoms with Gasteiger partial charge in [0, 0.05) is 31.9 Å². The van der Waals surface area contributed by atoms with Gasteiger partial charge in [0.1, 0.15) is 5.75 Å². The van der Waals surface area contributed by atoms with E-state index in [0.717, 1.165) is 23.4 Å². The molecule has 0 unspecified atom stereocenters. The van der Waals surface area contributed by atoms with Gasteiger partial charge in [0.15, 0.2) is 17.5 Å². The Kier molecular flexibility index (Phi) is 8.25. The Morgan fingerprint density at radius 1 is 1.00 bits per heavy atom. The van der Waals surface area contributed by atoms with Crippen molar-refractivity contribution in [2.24, 2.45) is 10.7 Å². The van der Waals surface area contributed by atoms with Crippen LogP contribution in [0, 0.1) is 0 Å². The zero-order valence-electron chi connectivity index (χ0n) is 16.0. The molecule has 0 bridgehead atoms. The van der Waals surface area contributed by atoms with Crippen molar-refractivity contribution in [3.8, 4) is 17.2 Å². The van der Waals surface area contributed by atoms with Crippen LogP contribution in [0.2, 0.25) is 0 Å². The predicted octanol–water partition coefficient (Wildman–Crippen LogP) is 3.05. The molecule has 0 atom stereocenters. The van der Waals surface area contributed by atoms with Crippen LogP contribution in [-0.4, -0.2) is 40.5 Å². The Labute approximate surface area is 160 Å². The topological polar surface area (TPSA) is 87.3 Å². The third kappa shape index (κ3) is 6.71. The van der Waals surface area contributed by atoms with Crippen molar-refractivity contribution in [2.75, 3.05) is 39.9 Å². The fourth-order valence-corrected chi connectivity index (χ4v) is 2.40. The van der Waals surface area contributed by atoms with Gasteiger partial charge >= 0.3 is 0 Å². The van der Waals surface area contributed by atoms with Crippen LogP contribution in [0.3, 0.4) is 0 Å². The zero-order chi connectivity index (χ0) is 19.5. The number of methoxy groups -OCH3 is 3. The highest BCUT2D eigenvalue weighted by atomic mass is 16.5. The predicted molar refractivity (Wildman–Crippen MR) is 107 cm³/mol. The lowest BCUT2D eigenvalue weighted by atomic mass is 10.2. The molecule has 2 aromatic carbocycles. The molecule has 0 aliphatic carbocycles. The van der Waals surface area contributed by atoms with Crippen LogP contribution >= 0.6 is 0 Å². The highest BCUT2D eigenvalue weighted by Gasteiger charge is 2.05. The van der Waals surface area contributed by atoms with Crippen LogP contribution in [0.4, 0.5) is 5.69 Å². The molecular weight excluding hydrogens is 346 g/mol. The highest BCUT2D eigenvalue weighted by Crippen LogP contribution is 2.29. The molecule has 0 saturated carbocycles. The van der Waals surface area contributed by atoms with Gasteiger partial charge < -0.3 is 30.0 Å². The van der Waals surface area contributed by atoms with Crippen LogP contribution in [0.5, 0.6) is 17.2 Å². The number of nitrogens with zero attached hydrogens (tertiary/aromatic N) is 1. The van der Waals surface area contributed by atoms with Gasteiger partial charge in [-0.15, -0.1) is 0 Å². The lowest BCUT2D eigenvalue weighted by molar-refractivity contribution is 0.172. The molecule has 0 radical (unpaired) electrons. The minimum absolute atomic E-state index is 0.314. The van der Waals surface area contributed by atoms with E-state index in [2.05, 4.69) is 10.3 Å². The third-order valence-corrected chi connectivity index (χ3v) is 3.75. The maximum Gasteiger partial charge on any atom is 0.193 e. The maximum atomic E-state index is 5.99. The summed E-state index contributed by atoms with van der Waals surface area (Å²) in [5.74, 6) is 2.40. The Bertz CT molecular complexity index is 750. The minimum atomic E-state index is 0.314. The summed E-state index contributed by atoms with van der Waals surface area (Å²) in [6, 6.07) is 13.3. The second-order valence-corrected chi connectivity index (χ2v) is 5.74. The third-order valence-electron chi connectivity index (χ3n) is 3.75. The number of anilines is 1. The van der Waals surface area contributed by atoms with Gasteiger partial charge in [-0.2, -0.15) is 0 Å². The summed E-state index contributed by atoms with van der Waals surface area (Å²) in [5.41, 5.74) is 7.77. The van der Waals surface area contributed by atoms with Crippen molar-refractivity contribution in [1.29, 1.82) is 0 Å². The van der Waals surface area contributed by atoms with E-state index in [0.29, 0.717) is 37.2 Å². The van der Waals surface area contributed by atoms with Gasteiger partial charge in [-0.25, -0.2) is 4.99 Å². The summed E-state index contributed by atoms with van der Waals surface area (Å²) in [6.45, 7) is 1.74. The van der Waals surface area contributed by atoms with Crippen molar-refractivity contribution in [2.45, 2.75) is 13.0 Å². The number of guanidine groups is 1. The Balaban J connectivity index is 1.93. The average Bonchev–Trinajstić information content (AvgIpc) is 2.70. The molecule has 0 aliphatic heterocycles. The molecule has 3 N–H and O–H groups in total. The summed E-state index contributed by atoms with van der Waals surface area (Å²) in [7, 11) is 4.86. The lowest BCUT2D eigenvalue weighted by Crippen LogP contribution is -2.22. The molecular formula is C20H27N3O4. The first-order valence-corrected chi connectivity index (χ1v) is 8.66. The zero-order valence-corrected chi connectivity index (χ0v) is 16.0. The van der Waals surface area contributed by atoms with Gasteiger partial charge in [-0.05, 0) is 29.8 Å². The van der Waals surface area contributed by atoms with E-state index in [-0.39, 0.29) is 0 Å². The molecule has 0 spiro atoms. The lowest BCUT2D eigenvalue weighted by Gasteiger charge is -2.11. The molecule has 2 rings (SSSR count). The highest BCUT2D eigenvalue weighted by molar-refractivity contribution is 5.92. The number of aliphatic imine (C=N–C) groups is 1. The summed E-state index contributed by atoms with van der Waals surface area (Å²) >= 11 is 0. The number of nitrogens with two attached hydrogens (primary N) is 1. The fourth-order valence-electron chi connectivity index (χ4n) is 2.40. The van der Waals surface area contributed by atoms with Crippen LogP contribution in [0.15, 0.2) is 47.5 Å². The SMILES string of the molecule is COCCCOc1cccc(CN=C(N)Nc2ccc(OC)c(OC)c2)c1. The van der Waals surface area contributed by atoms with E-state index in [9.17, 15) is 0 Å². The maximum absolute atomic E-state index is 5.99. The van der Waals surface area contributed by atoms with E-state index in [4.69, 9.17) is 24.7 Å². The Morgan fingerprint density at radius 3 is 2.56 bits per heavy atom. The molecule has 0 aromatic heterocycles. The van der Waals surface area contributed by atoms with Gasteiger partial charge in [-0.3, -0.25) is 0 Å². The number of benzene rings is 2.